The quantitative estimate of drug-likeness (QED) is 0.717. The standard InChI is InChI=1S/C15H29N3O/c1-4-5-8-16-15(19)11(2)18(3)14-9-12-6-7-13(10-14)17-12/h11-14,17H,4-10H2,1-3H3,(H,16,19). The van der Waals surface area contributed by atoms with Crippen LogP contribution in [0.1, 0.15) is 52.4 Å². The summed E-state index contributed by atoms with van der Waals surface area (Å²) < 4.78 is 0. The predicted molar refractivity (Wildman–Crippen MR) is 78.1 cm³/mol. The van der Waals surface area contributed by atoms with E-state index in [4.69, 9.17) is 0 Å². The second kappa shape index (κ2) is 6.71. The molecule has 4 heteroatoms. The number of likely N-dealkylation sites (N-methyl/N-ethyl adjacent to an activating group) is 1. The van der Waals surface area contributed by atoms with Gasteiger partial charge in [-0.2, -0.15) is 0 Å². The van der Waals surface area contributed by atoms with Crippen LogP contribution >= 0.6 is 0 Å². The molecule has 2 aliphatic rings. The largest absolute Gasteiger partial charge is 0.355 e. The molecule has 1 amide bonds. The van der Waals surface area contributed by atoms with Crippen LogP contribution in [0.2, 0.25) is 0 Å². The Labute approximate surface area is 117 Å². The van der Waals surface area contributed by atoms with Crippen molar-refractivity contribution >= 4 is 5.91 Å². The lowest BCUT2D eigenvalue weighted by molar-refractivity contribution is -0.126. The van der Waals surface area contributed by atoms with Crippen LogP contribution in [0.15, 0.2) is 0 Å². The number of unbranched alkanes of at least 4 members (excludes halogenated alkanes) is 1. The molecule has 2 aliphatic heterocycles. The molecule has 3 unspecified atom stereocenters. The van der Waals surface area contributed by atoms with Gasteiger partial charge in [0.2, 0.25) is 5.91 Å². The summed E-state index contributed by atoms with van der Waals surface area (Å²) in [6, 6.07) is 1.91. The summed E-state index contributed by atoms with van der Waals surface area (Å²) in [5, 5.41) is 6.70. The molecule has 110 valence electrons. The van der Waals surface area contributed by atoms with Gasteiger partial charge in [-0.1, -0.05) is 13.3 Å². The molecule has 0 spiro atoms. The minimum absolute atomic E-state index is 0.0145. The molecule has 3 atom stereocenters. The molecule has 0 radical (unpaired) electrons. The Morgan fingerprint density at radius 3 is 2.58 bits per heavy atom. The lowest BCUT2D eigenvalue weighted by Gasteiger charge is -2.38. The molecule has 19 heavy (non-hydrogen) atoms. The predicted octanol–water partition coefficient (Wildman–Crippen LogP) is 1.51. The molecule has 0 saturated carbocycles. The maximum absolute atomic E-state index is 12.1. The van der Waals surface area contributed by atoms with Crippen LogP contribution in [0.3, 0.4) is 0 Å². The van der Waals surface area contributed by atoms with E-state index in [0.29, 0.717) is 18.1 Å². The van der Waals surface area contributed by atoms with Crippen LogP contribution in [-0.2, 0) is 4.79 Å². The molecule has 2 bridgehead atoms. The second-order valence-corrected chi connectivity index (χ2v) is 6.25. The van der Waals surface area contributed by atoms with Crippen LogP contribution < -0.4 is 10.6 Å². The summed E-state index contributed by atoms with van der Waals surface area (Å²) in [6.45, 7) is 4.99. The average molecular weight is 267 g/mol. The fourth-order valence-corrected chi connectivity index (χ4v) is 3.40. The first kappa shape index (κ1) is 14.8. The van der Waals surface area contributed by atoms with Gasteiger partial charge in [-0.15, -0.1) is 0 Å². The lowest BCUT2D eigenvalue weighted by atomic mass is 9.97. The molecule has 2 N–H and O–H groups in total. The number of nitrogens with zero attached hydrogens (tertiary/aromatic N) is 1. The number of amides is 1. The van der Waals surface area contributed by atoms with E-state index in [9.17, 15) is 4.79 Å². The normalized spacial score (nSPS) is 31.5. The first-order valence-corrected chi connectivity index (χ1v) is 7.87. The highest BCUT2D eigenvalue weighted by Crippen LogP contribution is 2.29. The Morgan fingerprint density at radius 1 is 1.37 bits per heavy atom. The smallest absolute Gasteiger partial charge is 0.237 e. The van der Waals surface area contributed by atoms with E-state index < -0.39 is 0 Å². The molecule has 2 heterocycles. The minimum Gasteiger partial charge on any atom is -0.355 e. The Hall–Kier alpha value is -0.610. The van der Waals surface area contributed by atoms with Crippen molar-refractivity contribution < 1.29 is 4.79 Å². The van der Waals surface area contributed by atoms with Crippen molar-refractivity contribution in [2.75, 3.05) is 13.6 Å². The third-order valence-electron chi connectivity index (χ3n) is 4.84. The molecular weight excluding hydrogens is 238 g/mol. The molecular formula is C15H29N3O. The monoisotopic (exact) mass is 267 g/mol. The minimum atomic E-state index is -0.0145. The average Bonchev–Trinajstić information content (AvgIpc) is 2.75. The molecule has 2 rings (SSSR count). The lowest BCUT2D eigenvalue weighted by Crippen LogP contribution is -2.53. The molecule has 0 aromatic carbocycles. The van der Waals surface area contributed by atoms with E-state index in [1.54, 1.807) is 0 Å². The Morgan fingerprint density at radius 2 is 2.00 bits per heavy atom. The number of carbonyl (C=O) groups excluding carboxylic acids is 1. The zero-order chi connectivity index (χ0) is 13.8. The maximum atomic E-state index is 12.1. The van der Waals surface area contributed by atoms with Gasteiger partial charge >= 0.3 is 0 Å². The molecule has 0 aromatic rings. The Kier molecular flexibility index (Phi) is 5.22. The van der Waals surface area contributed by atoms with Gasteiger partial charge in [0.25, 0.3) is 0 Å². The van der Waals surface area contributed by atoms with Gasteiger partial charge in [0.1, 0.15) is 0 Å². The summed E-state index contributed by atoms with van der Waals surface area (Å²) in [5.41, 5.74) is 0. The third kappa shape index (κ3) is 3.69. The summed E-state index contributed by atoms with van der Waals surface area (Å²) in [6.07, 6.45) is 7.21. The van der Waals surface area contributed by atoms with Crippen molar-refractivity contribution in [1.29, 1.82) is 0 Å². The van der Waals surface area contributed by atoms with Gasteiger partial charge < -0.3 is 10.6 Å². The summed E-state index contributed by atoms with van der Waals surface area (Å²) in [5.74, 6) is 0.182. The topological polar surface area (TPSA) is 44.4 Å². The van der Waals surface area contributed by atoms with Gasteiger partial charge in [0, 0.05) is 24.7 Å². The van der Waals surface area contributed by atoms with E-state index in [1.165, 1.54) is 25.7 Å². The van der Waals surface area contributed by atoms with E-state index in [1.807, 2.05) is 6.92 Å². The van der Waals surface area contributed by atoms with E-state index in [0.717, 1.165) is 19.4 Å². The number of rotatable bonds is 6. The van der Waals surface area contributed by atoms with Gasteiger partial charge in [0.15, 0.2) is 0 Å². The van der Waals surface area contributed by atoms with Crippen LogP contribution in [0.25, 0.3) is 0 Å². The Balaban J connectivity index is 1.81. The zero-order valence-electron chi connectivity index (χ0n) is 12.6. The van der Waals surface area contributed by atoms with E-state index in [-0.39, 0.29) is 11.9 Å². The number of hydrogen-bond acceptors (Lipinski definition) is 3. The molecule has 4 nitrogen and oxygen atoms in total. The number of fused-ring (bicyclic) bond motifs is 2. The van der Waals surface area contributed by atoms with Gasteiger partial charge in [-0.25, -0.2) is 0 Å². The summed E-state index contributed by atoms with van der Waals surface area (Å²) >= 11 is 0. The first-order valence-electron chi connectivity index (χ1n) is 7.87. The van der Waals surface area contributed by atoms with Crippen molar-refractivity contribution in [3.63, 3.8) is 0 Å². The van der Waals surface area contributed by atoms with Gasteiger partial charge in [-0.05, 0) is 46.1 Å². The highest BCUT2D eigenvalue weighted by atomic mass is 16.2. The van der Waals surface area contributed by atoms with Crippen molar-refractivity contribution in [3.8, 4) is 0 Å². The zero-order valence-corrected chi connectivity index (χ0v) is 12.6. The Bertz CT molecular complexity index is 296. The number of carbonyl (C=O) groups is 1. The second-order valence-electron chi connectivity index (χ2n) is 6.25. The van der Waals surface area contributed by atoms with Crippen LogP contribution in [0, 0.1) is 0 Å². The number of hydrogen-bond donors (Lipinski definition) is 2. The van der Waals surface area contributed by atoms with E-state index in [2.05, 4.69) is 29.5 Å². The summed E-state index contributed by atoms with van der Waals surface area (Å²) in [7, 11) is 2.11. The summed E-state index contributed by atoms with van der Waals surface area (Å²) in [4.78, 5) is 14.4. The van der Waals surface area contributed by atoms with Crippen molar-refractivity contribution in [3.05, 3.63) is 0 Å². The van der Waals surface area contributed by atoms with Crippen LogP contribution in [0.4, 0.5) is 0 Å². The molecule has 2 saturated heterocycles. The van der Waals surface area contributed by atoms with E-state index >= 15 is 0 Å². The molecule has 0 aromatic heterocycles. The van der Waals surface area contributed by atoms with Gasteiger partial charge in [0.05, 0.1) is 6.04 Å². The molecule has 0 aliphatic carbocycles. The van der Waals surface area contributed by atoms with Crippen LogP contribution in [-0.4, -0.2) is 48.6 Å². The van der Waals surface area contributed by atoms with Crippen molar-refractivity contribution in [2.45, 2.75) is 76.5 Å². The van der Waals surface area contributed by atoms with Crippen molar-refractivity contribution in [2.24, 2.45) is 0 Å². The fourth-order valence-electron chi connectivity index (χ4n) is 3.40. The maximum Gasteiger partial charge on any atom is 0.237 e. The third-order valence-corrected chi connectivity index (χ3v) is 4.84. The number of piperidine rings is 1. The number of nitrogens with one attached hydrogen (secondary N) is 2. The first-order chi connectivity index (χ1) is 9.11. The molecule has 2 fully saturated rings. The van der Waals surface area contributed by atoms with Crippen LogP contribution in [0.5, 0.6) is 0 Å². The SMILES string of the molecule is CCCCNC(=O)C(C)N(C)C1CC2CCC(C1)N2. The highest BCUT2D eigenvalue weighted by molar-refractivity contribution is 5.81. The van der Waals surface area contributed by atoms with Crippen molar-refractivity contribution in [1.82, 2.24) is 15.5 Å². The van der Waals surface area contributed by atoms with Gasteiger partial charge in [-0.3, -0.25) is 9.69 Å². The fraction of sp³-hybridized carbons (Fsp3) is 0.933. The highest BCUT2D eigenvalue weighted by Gasteiger charge is 2.37.